The number of carbonyl (C=O) groups is 1. The third-order valence-electron chi connectivity index (χ3n) is 5.23. The molecule has 0 aromatic heterocycles. The monoisotopic (exact) mass is 425 g/mol. The molecule has 1 fully saturated rings. The van der Waals surface area contributed by atoms with Crippen molar-refractivity contribution in [3.8, 4) is 5.75 Å². The minimum absolute atomic E-state index is 0.000886. The minimum Gasteiger partial charge on any atom is -0.490 e. The molecular weight excluding hydrogens is 394 g/mol. The van der Waals surface area contributed by atoms with Crippen LogP contribution in [0.3, 0.4) is 0 Å². The number of amidine groups is 1. The summed E-state index contributed by atoms with van der Waals surface area (Å²) >= 11 is 0. The highest BCUT2D eigenvalue weighted by atomic mass is 16.5. The average Bonchev–Trinajstić information content (AvgIpc) is 2.78. The molecule has 7 nitrogen and oxygen atoms in total. The Morgan fingerprint density at radius 1 is 1.19 bits per heavy atom. The second-order valence-corrected chi connectivity index (χ2v) is 7.51. The van der Waals surface area contributed by atoms with Gasteiger partial charge in [0.15, 0.2) is 6.04 Å². The van der Waals surface area contributed by atoms with E-state index in [1.54, 1.807) is 31.2 Å². The fourth-order valence-corrected chi connectivity index (χ4v) is 3.53. The number of anilines is 1. The van der Waals surface area contributed by atoms with Gasteiger partial charge in [0.05, 0.1) is 19.8 Å². The van der Waals surface area contributed by atoms with Gasteiger partial charge in [-0.25, -0.2) is 4.79 Å². The zero-order chi connectivity index (χ0) is 22.2. The molecule has 7 heteroatoms. The molecule has 1 saturated heterocycles. The predicted molar refractivity (Wildman–Crippen MR) is 121 cm³/mol. The van der Waals surface area contributed by atoms with Crippen LogP contribution < -0.4 is 15.8 Å². The zero-order valence-corrected chi connectivity index (χ0v) is 18.1. The van der Waals surface area contributed by atoms with E-state index in [-0.39, 0.29) is 17.9 Å². The van der Waals surface area contributed by atoms with Crippen molar-refractivity contribution in [1.82, 2.24) is 0 Å². The number of nitrogens with two attached hydrogens (primary N) is 1. The van der Waals surface area contributed by atoms with Crippen LogP contribution in [0.25, 0.3) is 0 Å². The summed E-state index contributed by atoms with van der Waals surface area (Å²) in [7, 11) is 0. The van der Waals surface area contributed by atoms with Crippen LogP contribution in [0.2, 0.25) is 0 Å². The van der Waals surface area contributed by atoms with Crippen LogP contribution in [0, 0.1) is 5.41 Å². The molecule has 4 N–H and O–H groups in total. The van der Waals surface area contributed by atoms with E-state index < -0.39 is 6.04 Å². The lowest BCUT2D eigenvalue weighted by atomic mass is 10.0. The molecule has 3 rings (SSSR count). The Labute approximate surface area is 183 Å². The van der Waals surface area contributed by atoms with Crippen molar-refractivity contribution in [3.63, 3.8) is 0 Å². The van der Waals surface area contributed by atoms with E-state index in [2.05, 4.69) is 12.2 Å². The molecule has 0 saturated carbocycles. The highest BCUT2D eigenvalue weighted by Crippen LogP contribution is 2.28. The lowest BCUT2D eigenvalue weighted by molar-refractivity contribution is -0.144. The Bertz CT molecular complexity index is 892. The maximum atomic E-state index is 12.8. The molecule has 31 heavy (non-hydrogen) atoms. The van der Waals surface area contributed by atoms with Crippen molar-refractivity contribution in [1.29, 1.82) is 5.41 Å². The van der Waals surface area contributed by atoms with E-state index in [9.17, 15) is 4.79 Å². The number of rotatable bonds is 9. The van der Waals surface area contributed by atoms with Crippen LogP contribution >= 0.6 is 0 Å². The molecule has 166 valence electrons. The molecule has 1 atom stereocenters. The van der Waals surface area contributed by atoms with Crippen molar-refractivity contribution < 1.29 is 19.0 Å². The van der Waals surface area contributed by atoms with Crippen molar-refractivity contribution in [2.45, 2.75) is 45.3 Å². The summed E-state index contributed by atoms with van der Waals surface area (Å²) in [6.07, 6.45) is 2.64. The van der Waals surface area contributed by atoms with Gasteiger partial charge in [-0.15, -0.1) is 0 Å². The SMILES string of the molecule is CCOC(=O)C(Nc1ccc(C(=N)N)cc1)c1cc(CC)cc(OC2CCOCC2)c1. The second-order valence-electron chi connectivity index (χ2n) is 7.51. The summed E-state index contributed by atoms with van der Waals surface area (Å²) in [5, 5.41) is 10.8. The van der Waals surface area contributed by atoms with Crippen LogP contribution in [0.15, 0.2) is 42.5 Å². The van der Waals surface area contributed by atoms with Gasteiger partial charge in [-0.2, -0.15) is 0 Å². The first-order valence-corrected chi connectivity index (χ1v) is 10.8. The van der Waals surface area contributed by atoms with E-state index in [1.807, 2.05) is 18.2 Å². The average molecular weight is 426 g/mol. The van der Waals surface area contributed by atoms with Gasteiger partial charge in [-0.1, -0.05) is 13.0 Å². The molecule has 0 radical (unpaired) electrons. The Hall–Kier alpha value is -3.06. The first-order valence-electron chi connectivity index (χ1n) is 10.8. The fourth-order valence-electron chi connectivity index (χ4n) is 3.53. The van der Waals surface area contributed by atoms with Crippen LogP contribution in [-0.4, -0.2) is 37.7 Å². The maximum Gasteiger partial charge on any atom is 0.333 e. The van der Waals surface area contributed by atoms with Gasteiger partial charge >= 0.3 is 5.97 Å². The number of nitrogens with one attached hydrogen (secondary N) is 2. The highest BCUT2D eigenvalue weighted by molar-refractivity contribution is 5.95. The van der Waals surface area contributed by atoms with Gasteiger partial charge < -0.3 is 25.3 Å². The minimum atomic E-state index is -0.688. The van der Waals surface area contributed by atoms with E-state index in [1.165, 1.54) is 0 Å². The smallest absolute Gasteiger partial charge is 0.333 e. The first kappa shape index (κ1) is 22.6. The maximum absolute atomic E-state index is 12.8. The molecule has 2 aromatic carbocycles. The zero-order valence-electron chi connectivity index (χ0n) is 18.1. The normalized spacial score (nSPS) is 15.2. The second kappa shape index (κ2) is 10.8. The number of nitrogen functional groups attached to an aromatic ring is 1. The number of ether oxygens (including phenoxy) is 3. The van der Waals surface area contributed by atoms with Gasteiger partial charge in [0.2, 0.25) is 0 Å². The van der Waals surface area contributed by atoms with Crippen LogP contribution in [0.1, 0.15) is 49.4 Å². The van der Waals surface area contributed by atoms with Gasteiger partial charge in [0, 0.05) is 24.1 Å². The molecule has 2 aromatic rings. The largest absolute Gasteiger partial charge is 0.490 e. The van der Waals surface area contributed by atoms with E-state index >= 15 is 0 Å². The predicted octanol–water partition coefficient (Wildman–Crippen LogP) is 3.81. The summed E-state index contributed by atoms with van der Waals surface area (Å²) in [5.41, 5.74) is 8.77. The van der Waals surface area contributed by atoms with Gasteiger partial charge in [-0.05, 0) is 60.9 Å². The molecule has 0 bridgehead atoms. The van der Waals surface area contributed by atoms with E-state index in [0.29, 0.717) is 25.4 Å². The van der Waals surface area contributed by atoms with E-state index in [4.69, 9.17) is 25.4 Å². The number of aryl methyl sites for hydroxylation is 1. The Kier molecular flexibility index (Phi) is 7.89. The van der Waals surface area contributed by atoms with Crippen LogP contribution in [0.4, 0.5) is 5.69 Å². The number of benzene rings is 2. The lowest BCUT2D eigenvalue weighted by Gasteiger charge is -2.25. The van der Waals surface area contributed by atoms with Crippen molar-refractivity contribution in [2.75, 3.05) is 25.1 Å². The molecule has 1 heterocycles. The summed E-state index contributed by atoms with van der Waals surface area (Å²) < 4.78 is 17.0. The molecule has 1 unspecified atom stereocenters. The Morgan fingerprint density at radius 2 is 1.90 bits per heavy atom. The van der Waals surface area contributed by atoms with Gasteiger partial charge in [0.25, 0.3) is 0 Å². The molecule has 1 aliphatic heterocycles. The van der Waals surface area contributed by atoms with Gasteiger partial charge in [-0.3, -0.25) is 5.41 Å². The molecular formula is C24H31N3O4. The Morgan fingerprint density at radius 3 is 2.52 bits per heavy atom. The number of hydrogen-bond donors (Lipinski definition) is 3. The topological polar surface area (TPSA) is 107 Å². The molecule has 0 amide bonds. The summed E-state index contributed by atoms with van der Waals surface area (Å²) in [6, 6.07) is 12.3. The van der Waals surface area contributed by atoms with E-state index in [0.717, 1.165) is 41.8 Å². The standard InChI is InChI=1S/C24H31N3O4/c1-3-16-13-18(15-21(14-16)31-20-9-11-29-12-10-20)22(24(28)30-4-2)27-19-7-5-17(6-8-19)23(25)26/h5-8,13-15,20,22,27H,3-4,9-12H2,1-2H3,(H3,25,26). The third kappa shape index (κ3) is 6.21. The molecule has 1 aliphatic rings. The Balaban J connectivity index is 1.88. The number of esters is 1. The summed E-state index contributed by atoms with van der Waals surface area (Å²) in [4.78, 5) is 12.8. The number of carbonyl (C=O) groups excluding carboxylic acids is 1. The summed E-state index contributed by atoms with van der Waals surface area (Å²) in [6.45, 7) is 5.56. The molecule has 0 aliphatic carbocycles. The first-order chi connectivity index (χ1) is 15.0. The summed E-state index contributed by atoms with van der Waals surface area (Å²) in [5.74, 6) is 0.395. The van der Waals surface area contributed by atoms with Crippen LogP contribution in [-0.2, 0) is 20.7 Å². The highest BCUT2D eigenvalue weighted by Gasteiger charge is 2.24. The third-order valence-corrected chi connectivity index (χ3v) is 5.23. The van der Waals surface area contributed by atoms with Crippen molar-refractivity contribution >= 4 is 17.5 Å². The number of hydrogen-bond acceptors (Lipinski definition) is 6. The quantitative estimate of drug-likeness (QED) is 0.320. The van der Waals surface area contributed by atoms with Crippen LogP contribution in [0.5, 0.6) is 5.75 Å². The fraction of sp³-hybridized carbons (Fsp3) is 0.417. The lowest BCUT2D eigenvalue weighted by Crippen LogP contribution is -2.26. The van der Waals surface area contributed by atoms with Crippen molar-refractivity contribution in [2.24, 2.45) is 5.73 Å². The molecule has 0 spiro atoms. The van der Waals surface area contributed by atoms with Crippen molar-refractivity contribution in [3.05, 3.63) is 59.2 Å². The van der Waals surface area contributed by atoms with Gasteiger partial charge in [0.1, 0.15) is 17.7 Å².